The van der Waals surface area contributed by atoms with Gasteiger partial charge in [0.25, 0.3) is 0 Å². The van der Waals surface area contributed by atoms with E-state index in [2.05, 4.69) is 15.4 Å². The molecule has 206 valence electrons. The third-order valence-electron chi connectivity index (χ3n) is 6.47. The minimum Gasteiger partial charge on any atom is -0.506 e. The molecule has 1 unspecified atom stereocenters. The van der Waals surface area contributed by atoms with Gasteiger partial charge in [0.2, 0.25) is 15.9 Å². The Morgan fingerprint density at radius 2 is 1.90 bits per heavy atom. The van der Waals surface area contributed by atoms with Crippen LogP contribution in [0.3, 0.4) is 0 Å². The van der Waals surface area contributed by atoms with Crippen molar-refractivity contribution in [1.29, 1.82) is 0 Å². The number of benzene rings is 3. The molecule has 0 saturated heterocycles. The average Bonchev–Trinajstić information content (AvgIpc) is 2.89. The van der Waals surface area contributed by atoms with Gasteiger partial charge in [-0.05, 0) is 58.5 Å². The van der Waals surface area contributed by atoms with Gasteiger partial charge in [-0.25, -0.2) is 8.42 Å². The summed E-state index contributed by atoms with van der Waals surface area (Å²) < 4.78 is 29.9. The van der Waals surface area contributed by atoms with Crippen molar-refractivity contribution in [3.05, 3.63) is 77.4 Å². The smallest absolute Gasteiger partial charge is 0.306 e. The largest absolute Gasteiger partial charge is 0.506 e. The number of aliphatic hydroxyl groups is 1. The van der Waals surface area contributed by atoms with Crippen molar-refractivity contribution < 1.29 is 33.0 Å². The van der Waals surface area contributed by atoms with Crippen LogP contribution in [-0.2, 0) is 37.3 Å². The highest BCUT2D eigenvalue weighted by Gasteiger charge is 2.28. The molecule has 3 aromatic carbocycles. The highest BCUT2D eigenvalue weighted by molar-refractivity contribution is 7.92. The summed E-state index contributed by atoms with van der Waals surface area (Å²) in [7, 11) is -2.28. The van der Waals surface area contributed by atoms with Crippen LogP contribution in [0.5, 0.6) is 5.75 Å². The Balaban J connectivity index is 1.39. The number of carbonyl (C=O) groups excluding carboxylic acids is 2. The quantitative estimate of drug-likeness (QED) is 0.190. The number of phenols is 1. The van der Waals surface area contributed by atoms with E-state index in [1.807, 2.05) is 42.5 Å². The Kier molecular flexibility index (Phi) is 8.54. The number of esters is 1. The van der Waals surface area contributed by atoms with Crippen LogP contribution in [0.2, 0.25) is 0 Å². The number of amides is 1. The fourth-order valence-corrected chi connectivity index (χ4v) is 5.03. The summed E-state index contributed by atoms with van der Waals surface area (Å²) in [5.74, 6) is -1.30. The number of rotatable bonds is 10. The summed E-state index contributed by atoms with van der Waals surface area (Å²) in [5.41, 5.74) is 5.00. The number of methoxy groups -OCH3 is 1. The number of anilines is 2. The van der Waals surface area contributed by atoms with Gasteiger partial charge < -0.3 is 25.6 Å². The lowest BCUT2D eigenvalue weighted by Gasteiger charge is -2.24. The predicted octanol–water partition coefficient (Wildman–Crippen LogP) is 2.93. The zero-order chi connectivity index (χ0) is 28.2. The van der Waals surface area contributed by atoms with Crippen molar-refractivity contribution in [2.45, 2.75) is 25.5 Å². The average molecular weight is 554 g/mol. The van der Waals surface area contributed by atoms with Gasteiger partial charge in [0.1, 0.15) is 5.75 Å². The van der Waals surface area contributed by atoms with Gasteiger partial charge in [-0.3, -0.25) is 14.3 Å². The second-order valence-corrected chi connectivity index (χ2v) is 11.3. The van der Waals surface area contributed by atoms with Crippen LogP contribution >= 0.6 is 0 Å². The Hall–Kier alpha value is -3.93. The molecular weight excluding hydrogens is 522 g/mol. The molecule has 0 spiro atoms. The molecule has 1 amide bonds. The van der Waals surface area contributed by atoms with Crippen LogP contribution in [-0.4, -0.2) is 50.4 Å². The lowest BCUT2D eigenvalue weighted by molar-refractivity contribution is -0.143. The number of phenolic OH excluding ortho intramolecular Hbond substituents is 1. The molecule has 4 rings (SSSR count). The van der Waals surface area contributed by atoms with E-state index in [0.29, 0.717) is 18.5 Å². The molecule has 0 saturated carbocycles. The summed E-state index contributed by atoms with van der Waals surface area (Å²) in [6, 6.07) is 18.0. The highest BCUT2D eigenvalue weighted by Crippen LogP contribution is 2.32. The molecule has 1 aliphatic heterocycles. The topological polar surface area (TPSA) is 154 Å². The van der Waals surface area contributed by atoms with Gasteiger partial charge in [-0.2, -0.15) is 0 Å². The summed E-state index contributed by atoms with van der Waals surface area (Å²) in [6.45, 7) is 0.666. The third-order valence-corrected chi connectivity index (χ3v) is 7.06. The Morgan fingerprint density at radius 3 is 2.64 bits per heavy atom. The highest BCUT2D eigenvalue weighted by atomic mass is 32.2. The van der Waals surface area contributed by atoms with E-state index in [-0.39, 0.29) is 30.3 Å². The fraction of sp³-hybridized carbons (Fsp3) is 0.286. The standard InChI is InChI=1S/C28H31N3O7S/c1-38-27(34)14-22-11-20-7-6-19(12-23(20)30-28(22)35)18-5-3-4-17(10-18)15-29-16-26(33)21-8-9-25(32)24(13-21)31-39(2,36)37/h3-10,12-13,22,26,29,31-33H,11,14-16H2,1-2H3,(H,30,35)/t22?,26-/m1/s1. The van der Waals surface area contributed by atoms with Crippen molar-refractivity contribution in [3.63, 3.8) is 0 Å². The minimum absolute atomic E-state index is 0.00183. The minimum atomic E-state index is -3.58. The number of hydrogen-bond donors (Lipinski definition) is 5. The number of carbonyl (C=O) groups is 2. The molecule has 2 atom stereocenters. The maximum Gasteiger partial charge on any atom is 0.306 e. The Labute approximate surface area is 227 Å². The van der Waals surface area contributed by atoms with Crippen molar-refractivity contribution in [3.8, 4) is 16.9 Å². The predicted molar refractivity (Wildman–Crippen MR) is 148 cm³/mol. The molecule has 1 aliphatic rings. The van der Waals surface area contributed by atoms with E-state index in [9.17, 15) is 28.2 Å². The molecule has 0 aromatic heterocycles. The number of aromatic hydroxyl groups is 1. The molecule has 0 fully saturated rings. The van der Waals surface area contributed by atoms with Crippen LogP contribution in [0.4, 0.5) is 11.4 Å². The van der Waals surface area contributed by atoms with Crippen LogP contribution in [0, 0.1) is 5.92 Å². The Morgan fingerprint density at radius 1 is 1.13 bits per heavy atom. The summed E-state index contributed by atoms with van der Waals surface area (Å²) in [6.07, 6.45) is 0.559. The van der Waals surface area contributed by atoms with E-state index in [1.54, 1.807) is 0 Å². The summed E-state index contributed by atoms with van der Waals surface area (Å²) >= 11 is 0. The van der Waals surface area contributed by atoms with E-state index >= 15 is 0 Å². The third kappa shape index (κ3) is 7.34. The Bertz CT molecular complexity index is 1490. The normalized spacial score (nSPS) is 15.7. The first-order valence-corrected chi connectivity index (χ1v) is 14.2. The molecule has 11 heteroatoms. The van der Waals surface area contributed by atoms with Gasteiger partial charge in [0, 0.05) is 18.8 Å². The van der Waals surface area contributed by atoms with Gasteiger partial charge in [0.05, 0.1) is 37.5 Å². The molecule has 1 heterocycles. The molecule has 3 aromatic rings. The number of fused-ring (bicyclic) bond motifs is 1. The first kappa shape index (κ1) is 28.1. The van der Waals surface area contributed by atoms with Gasteiger partial charge in [-0.15, -0.1) is 0 Å². The van der Waals surface area contributed by atoms with E-state index < -0.39 is 28.0 Å². The van der Waals surface area contributed by atoms with E-state index in [0.717, 1.165) is 34.2 Å². The maximum absolute atomic E-state index is 12.5. The molecule has 0 aliphatic carbocycles. The van der Waals surface area contributed by atoms with Crippen LogP contribution < -0.4 is 15.4 Å². The first-order chi connectivity index (χ1) is 18.5. The van der Waals surface area contributed by atoms with Gasteiger partial charge in [0.15, 0.2) is 0 Å². The first-order valence-electron chi connectivity index (χ1n) is 12.3. The lowest BCUT2D eigenvalue weighted by Crippen LogP contribution is -2.31. The summed E-state index contributed by atoms with van der Waals surface area (Å²) in [5, 5.41) is 26.6. The number of ether oxygens (including phenoxy) is 1. The van der Waals surface area contributed by atoms with Crippen molar-refractivity contribution in [1.82, 2.24) is 5.32 Å². The van der Waals surface area contributed by atoms with Gasteiger partial charge in [-0.1, -0.05) is 36.4 Å². The molecule has 0 radical (unpaired) electrons. The van der Waals surface area contributed by atoms with Gasteiger partial charge >= 0.3 is 5.97 Å². The van der Waals surface area contributed by atoms with Crippen molar-refractivity contribution >= 4 is 33.3 Å². The van der Waals surface area contributed by atoms with Crippen molar-refractivity contribution in [2.24, 2.45) is 5.92 Å². The molecule has 39 heavy (non-hydrogen) atoms. The SMILES string of the molecule is COC(=O)CC1Cc2ccc(-c3cccc(CNC[C@@H](O)c4ccc(O)c(NS(C)(=O)=O)c4)c3)cc2NC1=O. The number of hydrogen-bond acceptors (Lipinski definition) is 8. The molecule has 10 nitrogen and oxygen atoms in total. The molecule has 0 bridgehead atoms. The number of aliphatic hydroxyl groups excluding tert-OH is 1. The lowest BCUT2D eigenvalue weighted by atomic mass is 9.89. The van der Waals surface area contributed by atoms with Crippen LogP contribution in [0.1, 0.15) is 29.2 Å². The second-order valence-electron chi connectivity index (χ2n) is 9.54. The number of nitrogens with one attached hydrogen (secondary N) is 3. The number of sulfonamides is 1. The second kappa shape index (κ2) is 11.9. The molecule has 5 N–H and O–H groups in total. The van der Waals surface area contributed by atoms with Crippen LogP contribution in [0.15, 0.2) is 60.7 Å². The monoisotopic (exact) mass is 553 g/mol. The van der Waals surface area contributed by atoms with Crippen molar-refractivity contribution in [2.75, 3.05) is 29.9 Å². The van der Waals surface area contributed by atoms with E-state index in [1.165, 1.54) is 25.3 Å². The summed E-state index contributed by atoms with van der Waals surface area (Å²) in [4.78, 5) is 24.1. The fourth-order valence-electron chi connectivity index (χ4n) is 4.47. The zero-order valence-electron chi connectivity index (χ0n) is 21.6. The van der Waals surface area contributed by atoms with Crippen LogP contribution in [0.25, 0.3) is 11.1 Å². The molecular formula is C28H31N3O7S. The maximum atomic E-state index is 12.5. The zero-order valence-corrected chi connectivity index (χ0v) is 22.4. The van der Waals surface area contributed by atoms with E-state index in [4.69, 9.17) is 4.74 Å².